The second-order valence-electron chi connectivity index (χ2n) is 6.72. The Labute approximate surface area is 168 Å². The SMILES string of the molecule is CCCCCCCCCCC1SCCN1C(=S)Nc1cccc(Cl)c1. The van der Waals surface area contributed by atoms with Gasteiger partial charge in [0, 0.05) is 23.0 Å². The van der Waals surface area contributed by atoms with Gasteiger partial charge in [0.15, 0.2) is 5.11 Å². The van der Waals surface area contributed by atoms with Crippen molar-refractivity contribution in [1.29, 1.82) is 0 Å². The minimum Gasteiger partial charge on any atom is -0.336 e. The number of benzene rings is 1. The Bertz CT molecular complexity index is 524. The highest BCUT2D eigenvalue weighted by molar-refractivity contribution is 8.00. The summed E-state index contributed by atoms with van der Waals surface area (Å²) in [7, 11) is 0. The van der Waals surface area contributed by atoms with Crippen LogP contribution in [0.15, 0.2) is 24.3 Å². The second-order valence-corrected chi connectivity index (χ2v) is 8.83. The van der Waals surface area contributed by atoms with E-state index in [2.05, 4.69) is 17.1 Å². The zero-order valence-electron chi connectivity index (χ0n) is 15.3. The molecule has 1 unspecified atom stereocenters. The highest BCUT2D eigenvalue weighted by Gasteiger charge is 2.26. The molecule has 25 heavy (non-hydrogen) atoms. The molecule has 140 valence electrons. The van der Waals surface area contributed by atoms with Gasteiger partial charge in [-0.15, -0.1) is 11.8 Å². The van der Waals surface area contributed by atoms with Gasteiger partial charge in [-0.1, -0.05) is 76.0 Å². The molecule has 1 aliphatic heterocycles. The smallest absolute Gasteiger partial charge is 0.174 e. The summed E-state index contributed by atoms with van der Waals surface area (Å²) in [5.74, 6) is 1.17. The lowest BCUT2D eigenvalue weighted by molar-refractivity contribution is 0.412. The molecule has 2 rings (SSSR count). The Morgan fingerprint density at radius 3 is 2.64 bits per heavy atom. The number of unbranched alkanes of at least 4 members (excludes halogenated alkanes) is 7. The van der Waals surface area contributed by atoms with Crippen LogP contribution >= 0.6 is 35.6 Å². The third-order valence-electron chi connectivity index (χ3n) is 4.63. The summed E-state index contributed by atoms with van der Waals surface area (Å²) < 4.78 is 0. The van der Waals surface area contributed by atoms with Gasteiger partial charge in [0.2, 0.25) is 0 Å². The number of nitrogens with zero attached hydrogens (tertiary/aromatic N) is 1. The quantitative estimate of drug-likeness (QED) is 0.339. The van der Waals surface area contributed by atoms with Crippen molar-refractivity contribution in [3.63, 3.8) is 0 Å². The minimum atomic E-state index is 0.527. The van der Waals surface area contributed by atoms with Crippen LogP contribution in [-0.2, 0) is 0 Å². The molecular weight excluding hydrogens is 368 g/mol. The number of rotatable bonds is 10. The fourth-order valence-corrected chi connectivity index (χ4v) is 5.10. The predicted molar refractivity (Wildman–Crippen MR) is 118 cm³/mol. The first-order valence-corrected chi connectivity index (χ1v) is 11.5. The summed E-state index contributed by atoms with van der Waals surface area (Å²) in [4.78, 5) is 2.35. The molecule has 0 radical (unpaired) electrons. The third kappa shape index (κ3) is 7.76. The van der Waals surface area contributed by atoms with Crippen molar-refractivity contribution >= 4 is 46.4 Å². The summed E-state index contributed by atoms with van der Waals surface area (Å²) in [5.41, 5.74) is 0.972. The summed E-state index contributed by atoms with van der Waals surface area (Å²) in [6.45, 7) is 3.31. The normalized spacial score (nSPS) is 17.0. The molecule has 1 aromatic carbocycles. The van der Waals surface area contributed by atoms with Gasteiger partial charge in [-0.3, -0.25) is 0 Å². The predicted octanol–water partition coefficient (Wildman–Crippen LogP) is 6.94. The maximum Gasteiger partial charge on any atom is 0.174 e. The van der Waals surface area contributed by atoms with Crippen LogP contribution in [0, 0.1) is 0 Å². The molecule has 1 heterocycles. The Balaban J connectivity index is 1.66. The van der Waals surface area contributed by atoms with Gasteiger partial charge in [-0.25, -0.2) is 0 Å². The monoisotopic (exact) mass is 398 g/mol. The van der Waals surface area contributed by atoms with Gasteiger partial charge < -0.3 is 10.2 Å². The van der Waals surface area contributed by atoms with E-state index < -0.39 is 0 Å². The molecule has 1 N–H and O–H groups in total. The first-order chi connectivity index (χ1) is 12.2. The summed E-state index contributed by atoms with van der Waals surface area (Å²) >= 11 is 13.7. The zero-order chi connectivity index (χ0) is 17.9. The van der Waals surface area contributed by atoms with E-state index in [4.69, 9.17) is 23.8 Å². The maximum atomic E-state index is 6.05. The molecule has 0 aliphatic carbocycles. The number of hydrogen-bond acceptors (Lipinski definition) is 2. The molecule has 0 aromatic heterocycles. The fraction of sp³-hybridized carbons (Fsp3) is 0.650. The van der Waals surface area contributed by atoms with E-state index in [1.807, 2.05) is 36.0 Å². The standard InChI is InChI=1S/C20H31ClN2S2/c1-2-3-4-5-6-7-8-9-13-19-23(14-15-25-19)20(24)22-18-12-10-11-17(21)16-18/h10-12,16,19H,2-9,13-15H2,1H3,(H,22,24). The van der Waals surface area contributed by atoms with Crippen LogP contribution in [-0.4, -0.2) is 27.7 Å². The Hall–Kier alpha value is -0.450. The Morgan fingerprint density at radius 2 is 1.92 bits per heavy atom. The van der Waals surface area contributed by atoms with E-state index >= 15 is 0 Å². The minimum absolute atomic E-state index is 0.527. The lowest BCUT2D eigenvalue weighted by Crippen LogP contribution is -2.37. The van der Waals surface area contributed by atoms with Crippen molar-refractivity contribution in [2.75, 3.05) is 17.6 Å². The van der Waals surface area contributed by atoms with Crippen LogP contribution in [0.4, 0.5) is 5.69 Å². The van der Waals surface area contributed by atoms with E-state index in [1.54, 1.807) is 0 Å². The van der Waals surface area contributed by atoms with Crippen molar-refractivity contribution in [2.45, 2.75) is 70.1 Å². The molecule has 1 aliphatic rings. The molecule has 0 amide bonds. The molecule has 1 fully saturated rings. The van der Waals surface area contributed by atoms with Gasteiger partial charge >= 0.3 is 0 Å². The van der Waals surface area contributed by atoms with Crippen LogP contribution in [0.3, 0.4) is 0 Å². The van der Waals surface area contributed by atoms with E-state index in [0.29, 0.717) is 5.37 Å². The maximum absolute atomic E-state index is 6.05. The van der Waals surface area contributed by atoms with E-state index in [1.165, 1.54) is 63.5 Å². The van der Waals surface area contributed by atoms with Crippen molar-refractivity contribution < 1.29 is 0 Å². The molecule has 5 heteroatoms. The van der Waals surface area contributed by atoms with Gasteiger partial charge in [-0.05, 0) is 36.8 Å². The van der Waals surface area contributed by atoms with E-state index in [-0.39, 0.29) is 0 Å². The molecule has 2 nitrogen and oxygen atoms in total. The van der Waals surface area contributed by atoms with Crippen LogP contribution in [0.5, 0.6) is 0 Å². The average Bonchev–Trinajstić information content (AvgIpc) is 3.06. The third-order valence-corrected chi connectivity index (χ3v) is 6.50. The molecule has 1 saturated heterocycles. The zero-order valence-corrected chi connectivity index (χ0v) is 17.7. The van der Waals surface area contributed by atoms with Gasteiger partial charge in [0.05, 0.1) is 5.37 Å². The highest BCUT2D eigenvalue weighted by Crippen LogP contribution is 2.29. The lowest BCUT2D eigenvalue weighted by Gasteiger charge is -2.27. The van der Waals surface area contributed by atoms with Crippen LogP contribution in [0.2, 0.25) is 5.02 Å². The molecule has 1 atom stereocenters. The second kappa shape index (κ2) is 12.0. The Morgan fingerprint density at radius 1 is 1.20 bits per heavy atom. The molecule has 0 saturated carbocycles. The molecule has 0 spiro atoms. The molecule has 0 bridgehead atoms. The summed E-state index contributed by atoms with van der Waals surface area (Å²) in [5, 5.41) is 5.44. The van der Waals surface area contributed by atoms with E-state index in [9.17, 15) is 0 Å². The van der Waals surface area contributed by atoms with Gasteiger partial charge in [0.1, 0.15) is 0 Å². The number of halogens is 1. The van der Waals surface area contributed by atoms with Crippen LogP contribution in [0.25, 0.3) is 0 Å². The van der Waals surface area contributed by atoms with Crippen LogP contribution < -0.4 is 5.32 Å². The topological polar surface area (TPSA) is 15.3 Å². The molecular formula is C20H31ClN2S2. The van der Waals surface area contributed by atoms with Gasteiger partial charge in [-0.2, -0.15) is 0 Å². The number of nitrogens with one attached hydrogen (secondary N) is 1. The summed E-state index contributed by atoms with van der Waals surface area (Å²) in [6, 6.07) is 7.76. The first-order valence-electron chi connectivity index (χ1n) is 9.65. The number of thiocarbonyl (C=S) groups is 1. The van der Waals surface area contributed by atoms with Crippen molar-refractivity contribution in [3.05, 3.63) is 29.3 Å². The van der Waals surface area contributed by atoms with Gasteiger partial charge in [0.25, 0.3) is 0 Å². The largest absolute Gasteiger partial charge is 0.336 e. The highest BCUT2D eigenvalue weighted by atomic mass is 35.5. The Kier molecular flexibility index (Phi) is 10.0. The van der Waals surface area contributed by atoms with E-state index in [0.717, 1.165) is 22.4 Å². The average molecular weight is 399 g/mol. The van der Waals surface area contributed by atoms with Crippen molar-refractivity contribution in [1.82, 2.24) is 4.90 Å². The van der Waals surface area contributed by atoms with Crippen molar-refractivity contribution in [3.8, 4) is 0 Å². The summed E-state index contributed by atoms with van der Waals surface area (Å²) in [6.07, 6.45) is 12.2. The number of hydrogen-bond donors (Lipinski definition) is 1. The lowest BCUT2D eigenvalue weighted by atomic mass is 10.1. The molecule has 1 aromatic rings. The fourth-order valence-electron chi connectivity index (χ4n) is 3.21. The number of thioether (sulfide) groups is 1. The van der Waals surface area contributed by atoms with Crippen LogP contribution in [0.1, 0.15) is 64.7 Å². The first kappa shape index (κ1) is 20.9. The number of anilines is 1. The van der Waals surface area contributed by atoms with Crippen molar-refractivity contribution in [2.24, 2.45) is 0 Å².